The summed E-state index contributed by atoms with van der Waals surface area (Å²) in [6.45, 7) is -0.672. The molecule has 0 radical (unpaired) electrons. The van der Waals surface area contributed by atoms with Crippen LogP contribution in [0.25, 0.3) is 16.6 Å². The highest BCUT2D eigenvalue weighted by Gasteiger charge is 2.17. The van der Waals surface area contributed by atoms with Crippen LogP contribution in [0.3, 0.4) is 0 Å². The summed E-state index contributed by atoms with van der Waals surface area (Å²) in [6, 6.07) is 20.8. The summed E-state index contributed by atoms with van der Waals surface area (Å²) in [6.07, 6.45) is 0. The summed E-state index contributed by atoms with van der Waals surface area (Å²) in [5.41, 5.74) is 2.77. The van der Waals surface area contributed by atoms with E-state index in [4.69, 9.17) is 0 Å². The topological polar surface area (TPSA) is 64.4 Å². The lowest BCUT2D eigenvalue weighted by molar-refractivity contribution is -0.127. The first kappa shape index (κ1) is 24.4. The number of halogens is 2. The van der Waals surface area contributed by atoms with Gasteiger partial charge < -0.3 is 9.64 Å². The van der Waals surface area contributed by atoms with E-state index in [1.54, 1.807) is 41.9 Å². The second-order valence-electron chi connectivity index (χ2n) is 7.90. The Hall–Kier alpha value is -3.72. The van der Waals surface area contributed by atoms with E-state index in [1.165, 1.54) is 28.8 Å². The Labute approximate surface area is 205 Å². The summed E-state index contributed by atoms with van der Waals surface area (Å²) < 4.78 is 30.6. The molecule has 6 nitrogen and oxygen atoms in total. The average Bonchev–Trinajstić information content (AvgIpc) is 2.84. The number of amides is 1. The van der Waals surface area contributed by atoms with E-state index in [-0.39, 0.29) is 23.0 Å². The van der Waals surface area contributed by atoms with Gasteiger partial charge in [-0.3, -0.25) is 14.2 Å². The summed E-state index contributed by atoms with van der Waals surface area (Å²) in [7, 11) is 1.66. The largest absolute Gasteiger partial charge is 0.435 e. The van der Waals surface area contributed by atoms with E-state index in [0.717, 1.165) is 11.1 Å². The van der Waals surface area contributed by atoms with E-state index in [0.29, 0.717) is 28.3 Å². The molecule has 0 aliphatic carbocycles. The van der Waals surface area contributed by atoms with Gasteiger partial charge in [-0.1, -0.05) is 54.2 Å². The predicted octanol–water partition coefficient (Wildman–Crippen LogP) is 5.05. The van der Waals surface area contributed by atoms with Gasteiger partial charge in [0.25, 0.3) is 5.56 Å². The van der Waals surface area contributed by atoms with Crippen molar-refractivity contribution in [1.29, 1.82) is 0 Å². The number of thioether (sulfide) groups is 1. The van der Waals surface area contributed by atoms with Crippen LogP contribution in [0.4, 0.5) is 8.78 Å². The number of ether oxygens (including phenoxy) is 1. The standard InChI is InChI=1S/C26H23F2N3O3S/c1-17-7-3-6-10-22(17)31-24(33)20-8-4-5-9-21(20)29-26(31)35-16-23(32)30(2)15-18-11-13-19(14-12-18)34-25(27)28/h3-14,25H,15-16H2,1-2H3. The van der Waals surface area contributed by atoms with Crippen molar-refractivity contribution >= 4 is 28.6 Å². The first-order chi connectivity index (χ1) is 16.8. The molecule has 0 aliphatic heterocycles. The number of hydrogen-bond acceptors (Lipinski definition) is 5. The quantitative estimate of drug-likeness (QED) is 0.253. The lowest BCUT2D eigenvalue weighted by atomic mass is 10.2. The zero-order valence-corrected chi connectivity index (χ0v) is 20.0. The van der Waals surface area contributed by atoms with Gasteiger partial charge in [-0.15, -0.1) is 0 Å². The molecule has 0 N–H and O–H groups in total. The lowest BCUT2D eigenvalue weighted by Crippen LogP contribution is -2.28. The first-order valence-electron chi connectivity index (χ1n) is 10.8. The van der Waals surface area contributed by atoms with Gasteiger partial charge in [0.1, 0.15) is 5.75 Å². The highest BCUT2D eigenvalue weighted by molar-refractivity contribution is 7.99. The number of carbonyl (C=O) groups is 1. The number of para-hydroxylation sites is 2. The van der Waals surface area contributed by atoms with Gasteiger partial charge >= 0.3 is 6.61 Å². The Morgan fingerprint density at radius 1 is 1.06 bits per heavy atom. The smallest absolute Gasteiger partial charge is 0.387 e. The van der Waals surface area contributed by atoms with Crippen molar-refractivity contribution in [2.24, 2.45) is 0 Å². The molecule has 0 aliphatic rings. The van der Waals surface area contributed by atoms with Gasteiger partial charge in [-0.05, 0) is 48.4 Å². The van der Waals surface area contributed by atoms with Crippen molar-refractivity contribution in [2.45, 2.75) is 25.2 Å². The SMILES string of the molecule is Cc1ccccc1-n1c(SCC(=O)N(C)Cc2ccc(OC(F)F)cc2)nc2ccccc2c1=O. The highest BCUT2D eigenvalue weighted by atomic mass is 32.2. The lowest BCUT2D eigenvalue weighted by Gasteiger charge is -2.19. The molecule has 4 rings (SSSR count). The number of hydrogen-bond donors (Lipinski definition) is 0. The molecule has 0 atom stereocenters. The van der Waals surface area contributed by atoms with Crippen molar-refractivity contribution in [3.63, 3.8) is 0 Å². The molecule has 1 heterocycles. The molecule has 35 heavy (non-hydrogen) atoms. The maximum Gasteiger partial charge on any atom is 0.387 e. The summed E-state index contributed by atoms with van der Waals surface area (Å²) in [4.78, 5) is 32.5. The van der Waals surface area contributed by atoms with Crippen molar-refractivity contribution in [1.82, 2.24) is 14.5 Å². The molecule has 0 unspecified atom stereocenters. The average molecular weight is 496 g/mol. The Balaban J connectivity index is 1.54. The highest BCUT2D eigenvalue weighted by Crippen LogP contribution is 2.24. The number of benzene rings is 3. The number of alkyl halides is 2. The van der Waals surface area contributed by atoms with Crippen molar-refractivity contribution in [3.05, 3.63) is 94.3 Å². The zero-order valence-electron chi connectivity index (χ0n) is 19.2. The van der Waals surface area contributed by atoms with E-state index in [9.17, 15) is 18.4 Å². The second-order valence-corrected chi connectivity index (χ2v) is 8.84. The van der Waals surface area contributed by atoms with Crippen molar-refractivity contribution in [3.8, 4) is 11.4 Å². The molecular weight excluding hydrogens is 472 g/mol. The van der Waals surface area contributed by atoms with Crippen LogP contribution < -0.4 is 10.3 Å². The first-order valence-corrected chi connectivity index (χ1v) is 11.8. The summed E-state index contributed by atoms with van der Waals surface area (Å²) >= 11 is 1.19. The number of carbonyl (C=O) groups excluding carboxylic acids is 1. The Morgan fingerprint density at radius 3 is 2.46 bits per heavy atom. The van der Waals surface area contributed by atoms with Gasteiger partial charge in [-0.2, -0.15) is 8.78 Å². The van der Waals surface area contributed by atoms with Crippen LogP contribution in [0.5, 0.6) is 5.75 Å². The molecule has 4 aromatic rings. The maximum atomic E-state index is 13.4. The molecule has 0 spiro atoms. The fraction of sp³-hybridized carbons (Fsp3) is 0.192. The fourth-order valence-corrected chi connectivity index (χ4v) is 4.56. The number of aromatic nitrogens is 2. The summed E-state index contributed by atoms with van der Waals surface area (Å²) in [5, 5.41) is 0.932. The minimum atomic E-state index is -2.89. The van der Waals surface area contributed by atoms with E-state index in [2.05, 4.69) is 9.72 Å². The minimum Gasteiger partial charge on any atom is -0.435 e. The molecular formula is C26H23F2N3O3S. The van der Waals surface area contributed by atoms with Crippen molar-refractivity contribution in [2.75, 3.05) is 12.8 Å². The van der Waals surface area contributed by atoms with Gasteiger partial charge in [0.05, 0.1) is 22.3 Å². The minimum absolute atomic E-state index is 0.0600. The molecule has 0 saturated carbocycles. The third-order valence-corrected chi connectivity index (χ3v) is 6.34. The maximum absolute atomic E-state index is 13.4. The Morgan fingerprint density at radius 2 is 1.74 bits per heavy atom. The predicted molar refractivity (Wildman–Crippen MR) is 132 cm³/mol. The fourth-order valence-electron chi connectivity index (χ4n) is 3.61. The van der Waals surface area contributed by atoms with Crippen LogP contribution >= 0.6 is 11.8 Å². The third-order valence-electron chi connectivity index (χ3n) is 5.42. The Bertz CT molecular complexity index is 1410. The van der Waals surface area contributed by atoms with Crippen LogP contribution in [-0.4, -0.2) is 39.8 Å². The monoisotopic (exact) mass is 495 g/mol. The van der Waals surface area contributed by atoms with E-state index in [1.807, 2.05) is 37.3 Å². The molecule has 9 heteroatoms. The molecule has 0 fully saturated rings. The van der Waals surface area contributed by atoms with Crippen LogP contribution in [0.1, 0.15) is 11.1 Å². The van der Waals surface area contributed by atoms with Crippen molar-refractivity contribution < 1.29 is 18.3 Å². The normalized spacial score (nSPS) is 11.1. The second kappa shape index (κ2) is 10.7. The van der Waals surface area contributed by atoms with Crippen LogP contribution in [-0.2, 0) is 11.3 Å². The molecule has 0 saturated heterocycles. The van der Waals surface area contributed by atoms with E-state index < -0.39 is 6.61 Å². The molecule has 3 aromatic carbocycles. The van der Waals surface area contributed by atoms with Crippen LogP contribution in [0.15, 0.2) is 82.7 Å². The molecule has 180 valence electrons. The molecule has 1 aromatic heterocycles. The number of fused-ring (bicyclic) bond motifs is 1. The van der Waals surface area contributed by atoms with Gasteiger partial charge in [0.15, 0.2) is 5.16 Å². The molecule has 0 bridgehead atoms. The van der Waals surface area contributed by atoms with E-state index >= 15 is 0 Å². The van der Waals surface area contributed by atoms with Gasteiger partial charge in [0.2, 0.25) is 5.91 Å². The molecule has 1 amide bonds. The number of aryl methyl sites for hydroxylation is 1. The summed E-state index contributed by atoms with van der Waals surface area (Å²) in [5.74, 6) is -0.0359. The third kappa shape index (κ3) is 5.68. The van der Waals surface area contributed by atoms with Gasteiger partial charge in [0, 0.05) is 13.6 Å². The van der Waals surface area contributed by atoms with Crippen LogP contribution in [0, 0.1) is 6.92 Å². The Kier molecular flexibility index (Phi) is 7.45. The van der Waals surface area contributed by atoms with Crippen LogP contribution in [0.2, 0.25) is 0 Å². The number of rotatable bonds is 8. The van der Waals surface area contributed by atoms with Gasteiger partial charge in [-0.25, -0.2) is 4.98 Å². The zero-order chi connectivity index (χ0) is 24.9. The number of nitrogens with zero attached hydrogens (tertiary/aromatic N) is 3.